The third-order valence-corrected chi connectivity index (χ3v) is 3.39. The summed E-state index contributed by atoms with van der Waals surface area (Å²) in [5.41, 5.74) is 4.58. The molecule has 0 aliphatic carbocycles. The Morgan fingerprint density at radius 3 is 1.32 bits per heavy atom. The molecule has 0 amide bonds. The Kier molecular flexibility index (Phi) is 5.79. The molecule has 0 fully saturated rings. The number of ether oxygens (including phenoxy) is 1. The van der Waals surface area contributed by atoms with Crippen LogP contribution in [0, 0.1) is 0 Å². The van der Waals surface area contributed by atoms with Gasteiger partial charge in [-0.1, -0.05) is 92.7 Å². The highest BCUT2D eigenvalue weighted by atomic mass is 16.5. The second kappa shape index (κ2) is 8.04. The molecule has 3 rings (SSSR count). The number of hydrogen-bond acceptors (Lipinski definition) is 1. The van der Waals surface area contributed by atoms with Gasteiger partial charge in [-0.15, -0.1) is 0 Å². The van der Waals surface area contributed by atoms with E-state index in [1.54, 1.807) is 7.11 Å². The van der Waals surface area contributed by atoms with Crippen molar-refractivity contribution in [2.24, 2.45) is 0 Å². The highest BCUT2D eigenvalue weighted by Crippen LogP contribution is 2.38. The van der Waals surface area contributed by atoms with Crippen LogP contribution in [0.5, 0.6) is 5.75 Å². The van der Waals surface area contributed by atoms with Crippen molar-refractivity contribution in [2.45, 2.75) is 13.8 Å². The van der Waals surface area contributed by atoms with Gasteiger partial charge in [-0.25, -0.2) is 0 Å². The molecule has 1 nitrogen and oxygen atoms in total. The first-order chi connectivity index (χ1) is 10.9. The fraction of sp³-hybridized carbons (Fsp3) is 0.143. The zero-order valence-corrected chi connectivity index (χ0v) is 13.4. The number of hydrogen-bond donors (Lipinski definition) is 0. The van der Waals surface area contributed by atoms with Crippen molar-refractivity contribution in [3.63, 3.8) is 0 Å². The average molecular weight is 290 g/mol. The van der Waals surface area contributed by atoms with E-state index < -0.39 is 0 Å². The normalized spacial score (nSPS) is 9.59. The Morgan fingerprint density at radius 1 is 0.545 bits per heavy atom. The molecule has 1 heteroatoms. The van der Waals surface area contributed by atoms with Gasteiger partial charge in [0.1, 0.15) is 5.75 Å². The Balaban J connectivity index is 0.000000847. The van der Waals surface area contributed by atoms with Crippen molar-refractivity contribution in [1.82, 2.24) is 0 Å². The number of rotatable bonds is 3. The zero-order valence-electron chi connectivity index (χ0n) is 13.4. The molecule has 3 aromatic rings. The second-order valence-electron chi connectivity index (χ2n) is 4.62. The number of benzene rings is 3. The molecule has 0 N–H and O–H groups in total. The molecular weight excluding hydrogens is 268 g/mol. The summed E-state index contributed by atoms with van der Waals surface area (Å²) in [6.45, 7) is 4.00. The van der Waals surface area contributed by atoms with Crippen molar-refractivity contribution < 1.29 is 4.74 Å². The van der Waals surface area contributed by atoms with E-state index in [1.807, 2.05) is 50.2 Å². The molecule has 0 atom stereocenters. The van der Waals surface area contributed by atoms with Gasteiger partial charge in [-0.05, 0) is 11.1 Å². The molecule has 0 spiro atoms. The largest absolute Gasteiger partial charge is 0.495 e. The predicted octanol–water partition coefficient (Wildman–Crippen LogP) is 6.06. The van der Waals surface area contributed by atoms with E-state index in [1.165, 1.54) is 11.1 Å². The molecule has 112 valence electrons. The van der Waals surface area contributed by atoms with E-state index in [-0.39, 0.29) is 0 Å². The van der Waals surface area contributed by atoms with Gasteiger partial charge in [0.05, 0.1) is 7.11 Å². The van der Waals surface area contributed by atoms with Crippen LogP contribution >= 0.6 is 0 Å². The number of para-hydroxylation sites is 1. The van der Waals surface area contributed by atoms with Crippen LogP contribution in [0.2, 0.25) is 0 Å². The molecule has 0 radical (unpaired) electrons. The van der Waals surface area contributed by atoms with Crippen LogP contribution in [0.25, 0.3) is 22.3 Å². The van der Waals surface area contributed by atoms with E-state index in [4.69, 9.17) is 4.74 Å². The van der Waals surface area contributed by atoms with Crippen LogP contribution in [0.1, 0.15) is 13.8 Å². The summed E-state index contributed by atoms with van der Waals surface area (Å²) in [5, 5.41) is 0. The quantitative estimate of drug-likeness (QED) is 0.570. The lowest BCUT2D eigenvalue weighted by molar-refractivity contribution is 0.418. The fourth-order valence-corrected chi connectivity index (χ4v) is 2.45. The molecule has 0 aromatic heterocycles. The fourth-order valence-electron chi connectivity index (χ4n) is 2.45. The topological polar surface area (TPSA) is 9.23 Å². The van der Waals surface area contributed by atoms with Gasteiger partial charge in [0.15, 0.2) is 0 Å². The first kappa shape index (κ1) is 15.8. The summed E-state index contributed by atoms with van der Waals surface area (Å²) in [7, 11) is 1.73. The van der Waals surface area contributed by atoms with Crippen LogP contribution in [0.3, 0.4) is 0 Å². The minimum atomic E-state index is 0.921. The zero-order chi connectivity index (χ0) is 15.8. The maximum atomic E-state index is 5.69. The van der Waals surface area contributed by atoms with Gasteiger partial charge < -0.3 is 4.74 Å². The highest BCUT2D eigenvalue weighted by molar-refractivity contribution is 5.82. The first-order valence-corrected chi connectivity index (χ1v) is 7.68. The molecule has 0 aliphatic heterocycles. The van der Waals surface area contributed by atoms with Crippen LogP contribution < -0.4 is 4.74 Å². The summed E-state index contributed by atoms with van der Waals surface area (Å²) < 4.78 is 5.69. The van der Waals surface area contributed by atoms with E-state index >= 15 is 0 Å². The van der Waals surface area contributed by atoms with Gasteiger partial charge in [0, 0.05) is 11.1 Å². The Hall–Kier alpha value is -2.54. The predicted molar refractivity (Wildman–Crippen MR) is 95.2 cm³/mol. The summed E-state index contributed by atoms with van der Waals surface area (Å²) in [4.78, 5) is 0. The molecule has 0 bridgehead atoms. The van der Waals surface area contributed by atoms with Crippen molar-refractivity contribution in [3.05, 3.63) is 78.9 Å². The SMILES string of the molecule is CC.COc1c(-c2ccccc2)cccc1-c1ccccc1. The van der Waals surface area contributed by atoms with Gasteiger partial charge in [0.2, 0.25) is 0 Å². The molecule has 0 saturated heterocycles. The lowest BCUT2D eigenvalue weighted by Gasteiger charge is -2.14. The van der Waals surface area contributed by atoms with Crippen LogP contribution in [-0.2, 0) is 0 Å². The van der Waals surface area contributed by atoms with Crippen LogP contribution in [-0.4, -0.2) is 7.11 Å². The summed E-state index contributed by atoms with van der Waals surface area (Å²) in [5.74, 6) is 0.921. The molecule has 22 heavy (non-hydrogen) atoms. The van der Waals surface area contributed by atoms with Gasteiger partial charge in [-0.3, -0.25) is 0 Å². The van der Waals surface area contributed by atoms with Crippen molar-refractivity contribution in [3.8, 4) is 28.0 Å². The van der Waals surface area contributed by atoms with E-state index in [9.17, 15) is 0 Å². The monoisotopic (exact) mass is 290 g/mol. The molecule has 0 unspecified atom stereocenters. The van der Waals surface area contributed by atoms with Crippen LogP contribution in [0.15, 0.2) is 78.9 Å². The van der Waals surface area contributed by atoms with Crippen molar-refractivity contribution in [2.75, 3.05) is 7.11 Å². The molecule has 0 aliphatic rings. The first-order valence-electron chi connectivity index (χ1n) is 7.68. The lowest BCUT2D eigenvalue weighted by Crippen LogP contribution is -1.91. The number of methoxy groups -OCH3 is 1. The summed E-state index contributed by atoms with van der Waals surface area (Å²) in [6.07, 6.45) is 0. The van der Waals surface area contributed by atoms with E-state index in [2.05, 4.69) is 42.5 Å². The second-order valence-corrected chi connectivity index (χ2v) is 4.62. The third-order valence-electron chi connectivity index (χ3n) is 3.39. The smallest absolute Gasteiger partial charge is 0.134 e. The van der Waals surface area contributed by atoms with E-state index in [0.29, 0.717) is 0 Å². The molecule has 0 heterocycles. The molecular formula is C21H22O. The highest BCUT2D eigenvalue weighted by Gasteiger charge is 2.11. The maximum Gasteiger partial charge on any atom is 0.134 e. The Labute approximate surface area is 133 Å². The standard InChI is InChI=1S/C19H16O.C2H6/c1-20-19-17(15-9-4-2-5-10-15)13-8-14-18(19)16-11-6-3-7-12-16;1-2/h2-14H,1H3;1-2H3. The lowest BCUT2D eigenvalue weighted by atomic mass is 9.97. The Bertz CT molecular complexity index is 630. The van der Waals surface area contributed by atoms with Gasteiger partial charge in [0.25, 0.3) is 0 Å². The maximum absolute atomic E-state index is 5.69. The van der Waals surface area contributed by atoms with Gasteiger partial charge in [-0.2, -0.15) is 0 Å². The summed E-state index contributed by atoms with van der Waals surface area (Å²) >= 11 is 0. The van der Waals surface area contributed by atoms with Gasteiger partial charge >= 0.3 is 0 Å². The van der Waals surface area contributed by atoms with Crippen LogP contribution in [0.4, 0.5) is 0 Å². The average Bonchev–Trinajstić information content (AvgIpc) is 2.64. The summed E-state index contributed by atoms with van der Waals surface area (Å²) in [6, 6.07) is 26.9. The Morgan fingerprint density at radius 2 is 0.955 bits per heavy atom. The minimum absolute atomic E-state index is 0.921. The minimum Gasteiger partial charge on any atom is -0.495 e. The molecule has 3 aromatic carbocycles. The third kappa shape index (κ3) is 3.37. The van der Waals surface area contributed by atoms with E-state index in [0.717, 1.165) is 16.9 Å². The molecule has 0 saturated carbocycles. The van der Waals surface area contributed by atoms with Crippen molar-refractivity contribution in [1.29, 1.82) is 0 Å². The van der Waals surface area contributed by atoms with Crippen molar-refractivity contribution >= 4 is 0 Å².